The van der Waals surface area contributed by atoms with Crippen LogP contribution in [0.5, 0.6) is 5.75 Å². The van der Waals surface area contributed by atoms with E-state index in [1.54, 1.807) is 11.8 Å². The maximum atomic E-state index is 13.0. The molecule has 2 aromatic rings. The van der Waals surface area contributed by atoms with Crippen LogP contribution >= 0.6 is 0 Å². The van der Waals surface area contributed by atoms with E-state index in [0.29, 0.717) is 5.75 Å². The summed E-state index contributed by atoms with van der Waals surface area (Å²) in [7, 11) is -3.90. The Hall–Kier alpha value is -2.98. The second-order valence-electron chi connectivity index (χ2n) is 8.44. The van der Waals surface area contributed by atoms with Crippen LogP contribution in [0.3, 0.4) is 0 Å². The zero-order chi connectivity index (χ0) is 24.3. The number of hydrogen-bond acceptors (Lipinski definition) is 6. The van der Waals surface area contributed by atoms with E-state index in [-0.39, 0.29) is 48.6 Å². The lowest BCUT2D eigenvalue weighted by Crippen LogP contribution is -2.53. The lowest BCUT2D eigenvalue weighted by Gasteiger charge is -2.35. The van der Waals surface area contributed by atoms with Crippen LogP contribution in [-0.4, -0.2) is 60.7 Å². The van der Waals surface area contributed by atoms with Gasteiger partial charge in [0.25, 0.3) is 11.6 Å². The number of piperazine rings is 1. The van der Waals surface area contributed by atoms with Gasteiger partial charge in [-0.3, -0.25) is 14.9 Å². The van der Waals surface area contributed by atoms with Gasteiger partial charge >= 0.3 is 0 Å². The number of benzene rings is 2. The molecule has 1 atom stereocenters. The molecule has 10 heteroatoms. The Morgan fingerprint density at radius 3 is 2.33 bits per heavy atom. The predicted molar refractivity (Wildman–Crippen MR) is 124 cm³/mol. The summed E-state index contributed by atoms with van der Waals surface area (Å²) < 4.78 is 33.1. The summed E-state index contributed by atoms with van der Waals surface area (Å²) in [6, 6.07) is 10.9. The molecule has 3 rings (SSSR count). The highest BCUT2D eigenvalue weighted by molar-refractivity contribution is 7.89. The number of non-ortho nitro benzene ring substituents is 1. The normalized spacial score (nSPS) is 16.0. The second kappa shape index (κ2) is 9.88. The summed E-state index contributed by atoms with van der Waals surface area (Å²) in [5.41, 5.74) is 1.77. The number of nitrogens with zero attached hydrogens (tertiary/aromatic N) is 3. The van der Waals surface area contributed by atoms with E-state index in [1.165, 1.54) is 22.5 Å². The average Bonchev–Trinajstić information content (AvgIpc) is 2.78. The third kappa shape index (κ3) is 5.51. The van der Waals surface area contributed by atoms with Gasteiger partial charge in [-0.1, -0.05) is 32.0 Å². The molecule has 0 aliphatic carbocycles. The number of sulfonamides is 1. The molecule has 1 unspecified atom stereocenters. The van der Waals surface area contributed by atoms with E-state index < -0.39 is 21.1 Å². The molecule has 0 radical (unpaired) electrons. The summed E-state index contributed by atoms with van der Waals surface area (Å²) in [6.45, 7) is 8.41. The molecule has 0 spiro atoms. The fourth-order valence-corrected chi connectivity index (χ4v) is 5.24. The Morgan fingerprint density at radius 1 is 1.06 bits per heavy atom. The van der Waals surface area contributed by atoms with Crippen LogP contribution in [0.4, 0.5) is 5.69 Å². The lowest BCUT2D eigenvalue weighted by atomic mass is 10.0. The van der Waals surface area contributed by atoms with Crippen molar-refractivity contribution in [1.82, 2.24) is 9.21 Å². The van der Waals surface area contributed by atoms with Gasteiger partial charge in [-0.25, -0.2) is 8.42 Å². The number of amides is 1. The minimum Gasteiger partial charge on any atom is -0.481 e. The molecule has 0 saturated carbocycles. The molecule has 1 heterocycles. The first kappa shape index (κ1) is 24.7. The molecule has 178 valence electrons. The van der Waals surface area contributed by atoms with E-state index >= 15 is 0 Å². The predicted octanol–water partition coefficient (Wildman–Crippen LogP) is 3.33. The minimum absolute atomic E-state index is 0.102. The number of rotatable bonds is 7. The Balaban J connectivity index is 1.66. The van der Waals surface area contributed by atoms with Crippen molar-refractivity contribution in [1.29, 1.82) is 0 Å². The Kier molecular flexibility index (Phi) is 7.38. The molecule has 1 amide bonds. The number of aryl methyl sites for hydroxylation is 1. The van der Waals surface area contributed by atoms with Crippen LogP contribution in [0.25, 0.3) is 0 Å². The van der Waals surface area contributed by atoms with Crippen LogP contribution < -0.4 is 4.74 Å². The molecule has 1 aliphatic heterocycles. The van der Waals surface area contributed by atoms with Crippen LogP contribution in [-0.2, 0) is 14.8 Å². The summed E-state index contributed by atoms with van der Waals surface area (Å²) in [5.74, 6) is 0.710. The Morgan fingerprint density at radius 2 is 1.73 bits per heavy atom. The van der Waals surface area contributed by atoms with Crippen LogP contribution in [0, 0.1) is 17.0 Å². The first-order valence-electron chi connectivity index (χ1n) is 10.8. The van der Waals surface area contributed by atoms with Crippen molar-refractivity contribution in [2.45, 2.75) is 44.6 Å². The van der Waals surface area contributed by atoms with Crippen molar-refractivity contribution >= 4 is 21.6 Å². The van der Waals surface area contributed by atoms with Gasteiger partial charge in [-0.2, -0.15) is 4.31 Å². The second-order valence-corrected chi connectivity index (χ2v) is 10.4. The van der Waals surface area contributed by atoms with Crippen molar-refractivity contribution in [3.8, 4) is 5.75 Å². The molecule has 0 N–H and O–H groups in total. The van der Waals surface area contributed by atoms with Crippen LogP contribution in [0.15, 0.2) is 47.4 Å². The van der Waals surface area contributed by atoms with Gasteiger partial charge in [0, 0.05) is 38.3 Å². The number of carbonyl (C=O) groups excluding carboxylic acids is 1. The highest BCUT2D eigenvalue weighted by Crippen LogP contribution is 2.29. The standard InChI is InChI=1S/C23H29N3O6S/c1-16(2)21-9-8-17(3)14-22(21)32-18(4)23(27)24-10-12-25(13-11-24)33(30,31)20-7-5-6-19(15-20)26(28)29/h5-9,14-16,18H,10-13H2,1-4H3. The maximum Gasteiger partial charge on any atom is 0.270 e. The number of carbonyl (C=O) groups is 1. The molecule has 2 aromatic carbocycles. The zero-order valence-corrected chi connectivity index (χ0v) is 20.0. The van der Waals surface area contributed by atoms with Gasteiger partial charge in [0.15, 0.2) is 6.10 Å². The minimum atomic E-state index is -3.90. The van der Waals surface area contributed by atoms with Gasteiger partial charge in [0.1, 0.15) is 5.75 Å². The van der Waals surface area contributed by atoms with Crippen molar-refractivity contribution in [2.24, 2.45) is 0 Å². The third-order valence-electron chi connectivity index (χ3n) is 5.66. The van der Waals surface area contributed by atoms with Gasteiger partial charge in [0.2, 0.25) is 10.0 Å². The summed E-state index contributed by atoms with van der Waals surface area (Å²) in [6.07, 6.45) is -0.718. The summed E-state index contributed by atoms with van der Waals surface area (Å²) in [5, 5.41) is 11.0. The first-order valence-corrected chi connectivity index (χ1v) is 12.3. The fraction of sp³-hybridized carbons (Fsp3) is 0.435. The van der Waals surface area contributed by atoms with E-state index in [2.05, 4.69) is 13.8 Å². The van der Waals surface area contributed by atoms with Crippen molar-refractivity contribution in [3.05, 3.63) is 63.7 Å². The molecular formula is C23H29N3O6S. The third-order valence-corrected chi connectivity index (χ3v) is 7.55. The molecule has 1 fully saturated rings. The highest BCUT2D eigenvalue weighted by atomic mass is 32.2. The first-order chi connectivity index (χ1) is 15.5. The maximum absolute atomic E-state index is 13.0. The SMILES string of the molecule is Cc1ccc(C(C)C)c(OC(C)C(=O)N2CCN(S(=O)(=O)c3cccc([N+](=O)[O-])c3)CC2)c1. The number of nitro groups is 1. The highest BCUT2D eigenvalue weighted by Gasteiger charge is 2.33. The topological polar surface area (TPSA) is 110 Å². The number of hydrogen-bond donors (Lipinski definition) is 0. The van der Waals surface area contributed by atoms with Crippen molar-refractivity contribution < 1.29 is 22.9 Å². The molecule has 0 bridgehead atoms. The van der Waals surface area contributed by atoms with Gasteiger partial charge in [0.05, 0.1) is 9.82 Å². The molecule has 33 heavy (non-hydrogen) atoms. The summed E-state index contributed by atoms with van der Waals surface area (Å²) >= 11 is 0. The number of ether oxygens (including phenoxy) is 1. The lowest BCUT2D eigenvalue weighted by molar-refractivity contribution is -0.385. The van der Waals surface area contributed by atoms with E-state index in [9.17, 15) is 23.3 Å². The van der Waals surface area contributed by atoms with Gasteiger partial charge in [-0.15, -0.1) is 0 Å². The monoisotopic (exact) mass is 475 g/mol. The van der Waals surface area contributed by atoms with E-state index in [0.717, 1.165) is 17.2 Å². The molecule has 1 aliphatic rings. The average molecular weight is 476 g/mol. The zero-order valence-electron chi connectivity index (χ0n) is 19.2. The molecule has 1 saturated heterocycles. The molecule has 9 nitrogen and oxygen atoms in total. The van der Waals surface area contributed by atoms with Gasteiger partial charge in [-0.05, 0) is 43.0 Å². The Labute approximate surface area is 194 Å². The van der Waals surface area contributed by atoms with Crippen LogP contribution in [0.1, 0.15) is 37.8 Å². The van der Waals surface area contributed by atoms with Crippen molar-refractivity contribution in [3.63, 3.8) is 0 Å². The van der Waals surface area contributed by atoms with E-state index in [1.807, 2.05) is 25.1 Å². The molecular weight excluding hydrogens is 446 g/mol. The summed E-state index contributed by atoms with van der Waals surface area (Å²) in [4.78, 5) is 24.8. The Bertz CT molecular complexity index is 1140. The van der Waals surface area contributed by atoms with E-state index in [4.69, 9.17) is 4.74 Å². The molecule has 0 aromatic heterocycles. The van der Waals surface area contributed by atoms with Crippen molar-refractivity contribution in [2.75, 3.05) is 26.2 Å². The number of nitro benzene ring substituents is 1. The smallest absolute Gasteiger partial charge is 0.270 e. The van der Waals surface area contributed by atoms with Gasteiger partial charge < -0.3 is 9.64 Å². The largest absolute Gasteiger partial charge is 0.481 e. The fourth-order valence-electron chi connectivity index (χ4n) is 3.77. The quantitative estimate of drug-likeness (QED) is 0.449. The van der Waals surface area contributed by atoms with Crippen LogP contribution in [0.2, 0.25) is 0 Å².